The average molecular weight is 327 g/mol. The van der Waals surface area contributed by atoms with Crippen molar-refractivity contribution >= 4 is 17.4 Å². The fourth-order valence-electron chi connectivity index (χ4n) is 2.55. The smallest absolute Gasteiger partial charge is 0.227 e. The summed E-state index contributed by atoms with van der Waals surface area (Å²) in [4.78, 5) is 26.2. The molecule has 0 unspecified atom stereocenters. The van der Waals surface area contributed by atoms with Crippen LogP contribution in [0.25, 0.3) is 0 Å². The third kappa shape index (κ3) is 4.51. The predicted molar refractivity (Wildman–Crippen MR) is 93.8 cm³/mol. The third-order valence-corrected chi connectivity index (χ3v) is 4.01. The van der Waals surface area contributed by atoms with Gasteiger partial charge in [-0.1, -0.05) is 31.2 Å². The molecule has 2 aromatic carbocycles. The molecule has 0 fully saturated rings. The number of hydrogen-bond donors (Lipinski definition) is 0. The van der Waals surface area contributed by atoms with Crippen molar-refractivity contribution in [3.8, 4) is 0 Å². The Hall–Kier alpha value is -2.49. The van der Waals surface area contributed by atoms with Crippen molar-refractivity contribution in [1.82, 2.24) is 0 Å². The van der Waals surface area contributed by atoms with Gasteiger partial charge in [0.25, 0.3) is 0 Å². The number of Topliss-reactive ketones (excluding diaryl/α,β-unsaturated/α-hetero) is 1. The molecule has 2 aromatic rings. The fraction of sp³-hybridized carbons (Fsp3) is 0.300. The van der Waals surface area contributed by atoms with Crippen LogP contribution in [0, 0.1) is 5.82 Å². The molecule has 126 valence electrons. The van der Waals surface area contributed by atoms with Gasteiger partial charge in [0, 0.05) is 30.6 Å². The van der Waals surface area contributed by atoms with Gasteiger partial charge >= 0.3 is 0 Å². The maximum absolute atomic E-state index is 13.0. The van der Waals surface area contributed by atoms with E-state index in [9.17, 15) is 14.0 Å². The minimum Gasteiger partial charge on any atom is -0.313 e. The topological polar surface area (TPSA) is 37.4 Å². The largest absolute Gasteiger partial charge is 0.313 e. The Bertz CT molecular complexity index is 693. The summed E-state index contributed by atoms with van der Waals surface area (Å²) in [6, 6.07) is 13.3. The summed E-state index contributed by atoms with van der Waals surface area (Å²) in [7, 11) is 0. The Morgan fingerprint density at radius 2 is 1.54 bits per heavy atom. The van der Waals surface area contributed by atoms with Crippen molar-refractivity contribution in [3.05, 3.63) is 65.5 Å². The molecule has 0 aliphatic rings. The van der Waals surface area contributed by atoms with Crippen molar-refractivity contribution in [2.75, 3.05) is 11.4 Å². The SMILES string of the molecule is CCc1ccc(C(=O)CCC(=O)N(CC)c2ccc(F)cc2)cc1. The van der Waals surface area contributed by atoms with Gasteiger partial charge in [0.15, 0.2) is 5.78 Å². The zero-order valence-electron chi connectivity index (χ0n) is 14.1. The molecule has 0 saturated carbocycles. The summed E-state index contributed by atoms with van der Waals surface area (Å²) >= 11 is 0. The van der Waals surface area contributed by atoms with E-state index in [2.05, 4.69) is 6.92 Å². The highest BCUT2D eigenvalue weighted by atomic mass is 19.1. The first-order valence-electron chi connectivity index (χ1n) is 8.23. The third-order valence-electron chi connectivity index (χ3n) is 4.01. The Labute approximate surface area is 142 Å². The summed E-state index contributed by atoms with van der Waals surface area (Å²) in [6.45, 7) is 4.39. The van der Waals surface area contributed by atoms with Crippen molar-refractivity contribution in [2.45, 2.75) is 33.1 Å². The van der Waals surface area contributed by atoms with E-state index in [1.165, 1.54) is 17.7 Å². The number of anilines is 1. The summed E-state index contributed by atoms with van der Waals surface area (Å²) in [6.07, 6.45) is 1.23. The Morgan fingerprint density at radius 3 is 2.08 bits per heavy atom. The van der Waals surface area contributed by atoms with Gasteiger partial charge in [-0.25, -0.2) is 4.39 Å². The first kappa shape index (κ1) is 17.9. The van der Waals surface area contributed by atoms with Gasteiger partial charge in [-0.2, -0.15) is 0 Å². The molecule has 0 radical (unpaired) electrons. The summed E-state index contributed by atoms with van der Waals surface area (Å²) < 4.78 is 13.0. The van der Waals surface area contributed by atoms with Crippen molar-refractivity contribution in [1.29, 1.82) is 0 Å². The minimum atomic E-state index is -0.340. The van der Waals surface area contributed by atoms with Gasteiger partial charge in [0.05, 0.1) is 0 Å². The molecule has 0 spiro atoms. The minimum absolute atomic E-state index is 0.0406. The predicted octanol–water partition coefficient (Wildman–Crippen LogP) is 4.40. The normalized spacial score (nSPS) is 10.5. The molecular formula is C20H22FNO2. The van der Waals surface area contributed by atoms with Gasteiger partial charge in [-0.3, -0.25) is 9.59 Å². The van der Waals surface area contributed by atoms with Crippen LogP contribution in [0.1, 0.15) is 42.6 Å². The highest BCUT2D eigenvalue weighted by Gasteiger charge is 2.16. The Balaban J connectivity index is 1.97. The molecule has 0 bridgehead atoms. The van der Waals surface area contributed by atoms with Crippen LogP contribution in [0.4, 0.5) is 10.1 Å². The van der Waals surface area contributed by atoms with Crippen LogP contribution in [-0.4, -0.2) is 18.2 Å². The number of amides is 1. The first-order chi connectivity index (χ1) is 11.5. The van der Waals surface area contributed by atoms with Gasteiger partial charge in [0.1, 0.15) is 5.82 Å². The van der Waals surface area contributed by atoms with Crippen molar-refractivity contribution in [3.63, 3.8) is 0 Å². The molecule has 3 nitrogen and oxygen atoms in total. The summed E-state index contributed by atoms with van der Waals surface area (Å²) in [5.41, 5.74) is 2.45. The van der Waals surface area contributed by atoms with Crippen molar-refractivity contribution < 1.29 is 14.0 Å². The van der Waals surface area contributed by atoms with Gasteiger partial charge < -0.3 is 4.90 Å². The number of nitrogens with zero attached hydrogens (tertiary/aromatic N) is 1. The molecule has 0 saturated heterocycles. The van der Waals surface area contributed by atoms with E-state index in [0.717, 1.165) is 6.42 Å². The number of halogens is 1. The Morgan fingerprint density at radius 1 is 0.917 bits per heavy atom. The molecule has 2 rings (SSSR count). The van der Waals surface area contributed by atoms with E-state index in [1.807, 2.05) is 31.2 Å². The van der Waals surface area contributed by atoms with Crippen LogP contribution in [0.15, 0.2) is 48.5 Å². The number of carbonyl (C=O) groups excluding carboxylic acids is 2. The maximum atomic E-state index is 13.0. The average Bonchev–Trinajstić information content (AvgIpc) is 2.62. The van der Waals surface area contributed by atoms with Crippen LogP contribution in [-0.2, 0) is 11.2 Å². The monoisotopic (exact) mass is 327 g/mol. The quantitative estimate of drug-likeness (QED) is 0.707. The lowest BCUT2D eigenvalue weighted by molar-refractivity contribution is -0.118. The summed E-state index contributed by atoms with van der Waals surface area (Å²) in [5.74, 6) is -0.517. The Kier molecular flexibility index (Phi) is 6.24. The lowest BCUT2D eigenvalue weighted by atomic mass is 10.0. The van der Waals surface area contributed by atoms with Crippen molar-refractivity contribution in [2.24, 2.45) is 0 Å². The van der Waals surface area contributed by atoms with Crippen LogP contribution in [0.2, 0.25) is 0 Å². The van der Waals surface area contributed by atoms with Gasteiger partial charge in [0.2, 0.25) is 5.91 Å². The van der Waals surface area contributed by atoms with Crippen LogP contribution >= 0.6 is 0 Å². The van der Waals surface area contributed by atoms with E-state index >= 15 is 0 Å². The highest BCUT2D eigenvalue weighted by molar-refractivity contribution is 6.00. The van der Waals surface area contributed by atoms with Gasteiger partial charge in [-0.15, -0.1) is 0 Å². The second kappa shape index (κ2) is 8.39. The highest BCUT2D eigenvalue weighted by Crippen LogP contribution is 2.17. The van der Waals surface area contributed by atoms with E-state index in [0.29, 0.717) is 17.8 Å². The molecule has 0 aliphatic heterocycles. The standard InChI is InChI=1S/C20H22FNO2/c1-3-15-5-7-16(8-6-15)19(23)13-14-20(24)22(4-2)18-11-9-17(21)10-12-18/h5-12H,3-4,13-14H2,1-2H3. The zero-order chi connectivity index (χ0) is 17.5. The molecule has 0 heterocycles. The number of ketones is 1. The van der Waals surface area contributed by atoms with E-state index in [-0.39, 0.29) is 30.3 Å². The van der Waals surface area contributed by atoms with Crippen LogP contribution in [0.5, 0.6) is 0 Å². The molecule has 0 atom stereocenters. The first-order valence-corrected chi connectivity index (χ1v) is 8.23. The lowest BCUT2D eigenvalue weighted by Crippen LogP contribution is -2.30. The molecule has 1 amide bonds. The fourth-order valence-corrected chi connectivity index (χ4v) is 2.55. The lowest BCUT2D eigenvalue weighted by Gasteiger charge is -2.21. The molecule has 0 aliphatic carbocycles. The number of hydrogen-bond acceptors (Lipinski definition) is 2. The molecule has 24 heavy (non-hydrogen) atoms. The van der Waals surface area contributed by atoms with E-state index in [1.54, 1.807) is 17.0 Å². The number of benzene rings is 2. The molecule has 0 aromatic heterocycles. The number of carbonyl (C=O) groups is 2. The zero-order valence-corrected chi connectivity index (χ0v) is 14.1. The summed E-state index contributed by atoms with van der Waals surface area (Å²) in [5, 5.41) is 0. The second-order valence-corrected chi connectivity index (χ2v) is 5.59. The second-order valence-electron chi connectivity index (χ2n) is 5.59. The van der Waals surface area contributed by atoms with E-state index < -0.39 is 0 Å². The van der Waals surface area contributed by atoms with Crippen LogP contribution in [0.3, 0.4) is 0 Å². The van der Waals surface area contributed by atoms with Crippen LogP contribution < -0.4 is 4.90 Å². The number of rotatable bonds is 7. The molecular weight excluding hydrogens is 305 g/mol. The molecule has 0 N–H and O–H groups in total. The maximum Gasteiger partial charge on any atom is 0.227 e. The number of aryl methyl sites for hydroxylation is 1. The van der Waals surface area contributed by atoms with E-state index in [4.69, 9.17) is 0 Å². The molecule has 4 heteroatoms. The van der Waals surface area contributed by atoms with Gasteiger partial charge in [-0.05, 0) is 43.2 Å².